The SMILES string of the molecule is CC(NCCOCC1CC1)c1cc(Br)cs1. The first-order valence-electron chi connectivity index (χ1n) is 5.81. The molecule has 4 heteroatoms. The standard InChI is InChI=1S/C12H18BrNOS/c1-9(12-6-11(13)8-16-12)14-4-5-15-7-10-2-3-10/h6,8-10,14H,2-5,7H2,1H3. The minimum absolute atomic E-state index is 0.417. The molecule has 0 spiro atoms. The van der Waals surface area contributed by atoms with Crippen molar-refractivity contribution in [1.82, 2.24) is 5.32 Å². The monoisotopic (exact) mass is 303 g/mol. The van der Waals surface area contributed by atoms with Crippen LogP contribution in [-0.4, -0.2) is 19.8 Å². The van der Waals surface area contributed by atoms with E-state index in [9.17, 15) is 0 Å². The molecule has 1 aliphatic carbocycles. The van der Waals surface area contributed by atoms with E-state index in [-0.39, 0.29) is 0 Å². The molecule has 1 fully saturated rings. The molecule has 1 aromatic heterocycles. The average Bonchev–Trinajstić information content (AvgIpc) is 2.99. The molecular formula is C12H18BrNOS. The predicted octanol–water partition coefficient (Wildman–Crippen LogP) is 3.59. The topological polar surface area (TPSA) is 21.3 Å². The lowest BCUT2D eigenvalue weighted by atomic mass is 10.3. The normalized spacial score (nSPS) is 17.6. The van der Waals surface area contributed by atoms with Crippen molar-refractivity contribution >= 4 is 27.3 Å². The molecule has 90 valence electrons. The van der Waals surface area contributed by atoms with Gasteiger partial charge in [-0.25, -0.2) is 0 Å². The smallest absolute Gasteiger partial charge is 0.0591 e. The Labute approximate surface area is 110 Å². The summed E-state index contributed by atoms with van der Waals surface area (Å²) in [6, 6.07) is 2.59. The van der Waals surface area contributed by atoms with Crippen LogP contribution in [0.3, 0.4) is 0 Å². The maximum atomic E-state index is 5.58. The van der Waals surface area contributed by atoms with Crippen LogP contribution in [0.25, 0.3) is 0 Å². The second-order valence-corrected chi connectivity index (χ2v) is 6.22. The summed E-state index contributed by atoms with van der Waals surface area (Å²) in [5.41, 5.74) is 0. The third-order valence-corrected chi connectivity index (χ3v) is 4.64. The number of ether oxygens (including phenoxy) is 1. The lowest BCUT2D eigenvalue weighted by Crippen LogP contribution is -2.23. The fraction of sp³-hybridized carbons (Fsp3) is 0.667. The predicted molar refractivity (Wildman–Crippen MR) is 72.0 cm³/mol. The van der Waals surface area contributed by atoms with Gasteiger partial charge in [-0.2, -0.15) is 0 Å². The van der Waals surface area contributed by atoms with Crippen LogP contribution in [0.5, 0.6) is 0 Å². The van der Waals surface area contributed by atoms with Gasteiger partial charge in [0, 0.05) is 33.9 Å². The molecule has 1 unspecified atom stereocenters. The Morgan fingerprint density at radius 1 is 1.62 bits per heavy atom. The average molecular weight is 304 g/mol. The lowest BCUT2D eigenvalue weighted by Gasteiger charge is -2.11. The third kappa shape index (κ3) is 4.17. The van der Waals surface area contributed by atoms with Crippen LogP contribution in [0.4, 0.5) is 0 Å². The zero-order chi connectivity index (χ0) is 11.4. The molecule has 2 nitrogen and oxygen atoms in total. The van der Waals surface area contributed by atoms with Crippen LogP contribution in [0.15, 0.2) is 15.9 Å². The van der Waals surface area contributed by atoms with Crippen molar-refractivity contribution in [2.45, 2.75) is 25.8 Å². The summed E-state index contributed by atoms with van der Waals surface area (Å²) in [5, 5.41) is 5.59. The zero-order valence-corrected chi connectivity index (χ0v) is 11.9. The molecule has 16 heavy (non-hydrogen) atoms. The highest BCUT2D eigenvalue weighted by atomic mass is 79.9. The minimum atomic E-state index is 0.417. The molecule has 0 bridgehead atoms. The molecule has 0 aliphatic heterocycles. The first-order chi connectivity index (χ1) is 7.75. The summed E-state index contributed by atoms with van der Waals surface area (Å²) in [6.45, 7) is 4.91. The van der Waals surface area contributed by atoms with E-state index in [4.69, 9.17) is 4.74 Å². The van der Waals surface area contributed by atoms with E-state index in [1.165, 1.54) is 22.2 Å². The van der Waals surface area contributed by atoms with Crippen LogP contribution >= 0.6 is 27.3 Å². The Morgan fingerprint density at radius 2 is 2.44 bits per heavy atom. The number of hydrogen-bond acceptors (Lipinski definition) is 3. The highest BCUT2D eigenvalue weighted by Crippen LogP contribution is 2.28. The highest BCUT2D eigenvalue weighted by Gasteiger charge is 2.20. The van der Waals surface area contributed by atoms with Gasteiger partial charge in [0.05, 0.1) is 6.61 Å². The molecule has 2 rings (SSSR count). The maximum absolute atomic E-state index is 5.58. The van der Waals surface area contributed by atoms with Crippen molar-refractivity contribution in [2.75, 3.05) is 19.8 Å². The van der Waals surface area contributed by atoms with E-state index in [0.717, 1.165) is 25.7 Å². The summed E-state index contributed by atoms with van der Waals surface area (Å²) >= 11 is 5.26. The van der Waals surface area contributed by atoms with Crippen LogP contribution in [0.1, 0.15) is 30.7 Å². The van der Waals surface area contributed by atoms with Crippen molar-refractivity contribution in [3.63, 3.8) is 0 Å². The molecular weight excluding hydrogens is 286 g/mol. The van der Waals surface area contributed by atoms with Gasteiger partial charge in [0.25, 0.3) is 0 Å². The second kappa shape index (κ2) is 6.15. The van der Waals surface area contributed by atoms with Crippen molar-refractivity contribution < 1.29 is 4.74 Å². The first-order valence-corrected chi connectivity index (χ1v) is 7.48. The van der Waals surface area contributed by atoms with Gasteiger partial charge in [0.1, 0.15) is 0 Å². The van der Waals surface area contributed by atoms with Crippen LogP contribution in [0.2, 0.25) is 0 Å². The van der Waals surface area contributed by atoms with E-state index in [2.05, 4.69) is 39.6 Å². The quantitative estimate of drug-likeness (QED) is 0.777. The number of rotatable bonds is 7. The van der Waals surface area contributed by atoms with E-state index < -0.39 is 0 Å². The van der Waals surface area contributed by atoms with Crippen LogP contribution in [-0.2, 0) is 4.74 Å². The third-order valence-electron chi connectivity index (χ3n) is 2.76. The number of halogens is 1. The number of hydrogen-bond donors (Lipinski definition) is 1. The van der Waals surface area contributed by atoms with Gasteiger partial charge in [0.15, 0.2) is 0 Å². The Morgan fingerprint density at radius 3 is 3.06 bits per heavy atom. The van der Waals surface area contributed by atoms with Gasteiger partial charge in [-0.05, 0) is 47.7 Å². The molecule has 1 aromatic rings. The molecule has 1 heterocycles. The van der Waals surface area contributed by atoms with Crippen molar-refractivity contribution in [3.05, 3.63) is 20.8 Å². The maximum Gasteiger partial charge on any atom is 0.0591 e. The van der Waals surface area contributed by atoms with Gasteiger partial charge in [-0.1, -0.05) is 0 Å². The summed E-state index contributed by atoms with van der Waals surface area (Å²) < 4.78 is 6.75. The van der Waals surface area contributed by atoms with Crippen molar-refractivity contribution in [1.29, 1.82) is 0 Å². The summed E-state index contributed by atoms with van der Waals surface area (Å²) in [5.74, 6) is 0.866. The van der Waals surface area contributed by atoms with Crippen LogP contribution < -0.4 is 5.32 Å². The summed E-state index contributed by atoms with van der Waals surface area (Å²) in [4.78, 5) is 1.37. The molecule has 0 aromatic carbocycles. The fourth-order valence-corrected chi connectivity index (χ4v) is 3.02. The van der Waals surface area contributed by atoms with Crippen molar-refractivity contribution in [2.24, 2.45) is 5.92 Å². The van der Waals surface area contributed by atoms with Gasteiger partial charge in [-0.15, -0.1) is 11.3 Å². The van der Waals surface area contributed by atoms with E-state index in [0.29, 0.717) is 6.04 Å². The highest BCUT2D eigenvalue weighted by molar-refractivity contribution is 9.10. The molecule has 0 radical (unpaired) electrons. The van der Waals surface area contributed by atoms with Crippen molar-refractivity contribution in [3.8, 4) is 0 Å². The molecule has 1 aliphatic rings. The summed E-state index contributed by atoms with van der Waals surface area (Å²) in [7, 11) is 0. The van der Waals surface area contributed by atoms with Gasteiger partial charge in [-0.3, -0.25) is 0 Å². The van der Waals surface area contributed by atoms with Gasteiger partial charge < -0.3 is 10.1 Å². The Hall–Kier alpha value is 0.1000. The molecule has 1 N–H and O–H groups in total. The van der Waals surface area contributed by atoms with E-state index >= 15 is 0 Å². The molecule has 0 saturated heterocycles. The molecule has 1 atom stereocenters. The van der Waals surface area contributed by atoms with Crippen LogP contribution in [0, 0.1) is 5.92 Å². The lowest BCUT2D eigenvalue weighted by molar-refractivity contribution is 0.124. The molecule has 0 amide bonds. The number of thiophene rings is 1. The fourth-order valence-electron chi connectivity index (χ4n) is 1.54. The first kappa shape index (κ1) is 12.6. The van der Waals surface area contributed by atoms with E-state index in [1.54, 1.807) is 11.3 Å². The zero-order valence-electron chi connectivity index (χ0n) is 9.54. The van der Waals surface area contributed by atoms with E-state index in [1.807, 2.05) is 0 Å². The molecule has 1 saturated carbocycles. The van der Waals surface area contributed by atoms with Gasteiger partial charge in [0.2, 0.25) is 0 Å². The Kier molecular flexibility index (Phi) is 4.82. The number of nitrogens with one attached hydrogen (secondary N) is 1. The Bertz CT molecular complexity index is 325. The largest absolute Gasteiger partial charge is 0.380 e. The minimum Gasteiger partial charge on any atom is -0.380 e. The van der Waals surface area contributed by atoms with Gasteiger partial charge >= 0.3 is 0 Å². The summed E-state index contributed by atoms with van der Waals surface area (Å²) in [6.07, 6.45) is 2.74. The second-order valence-electron chi connectivity index (χ2n) is 4.36. The Balaban J connectivity index is 1.57.